The molecule has 8 nitrogen and oxygen atoms in total. The molecule has 3 aromatic rings. The molecule has 3 N–H and O–H groups in total. The Kier molecular flexibility index (Phi) is 6.58. The fourth-order valence-electron chi connectivity index (χ4n) is 3.43. The fraction of sp³-hybridized carbons (Fsp3) is 0.368. The van der Waals surface area contributed by atoms with Crippen molar-refractivity contribution in [1.29, 1.82) is 0 Å². The number of rotatable bonds is 4. The number of aromatic nitrogens is 4. The van der Waals surface area contributed by atoms with Crippen LogP contribution in [0.25, 0.3) is 16.8 Å². The molecule has 0 radical (unpaired) electrons. The van der Waals surface area contributed by atoms with Gasteiger partial charge >= 0.3 is 0 Å². The number of pyridine rings is 1. The molecule has 0 aliphatic carbocycles. The van der Waals surface area contributed by atoms with Crippen molar-refractivity contribution in [3.63, 3.8) is 0 Å². The Morgan fingerprint density at radius 3 is 2.71 bits per heavy atom. The van der Waals surface area contributed by atoms with Crippen molar-refractivity contribution in [2.75, 3.05) is 30.8 Å². The Balaban J connectivity index is 0.00000109. The molecule has 0 unspecified atom stereocenters. The molecule has 1 fully saturated rings. The standard InChI is InChI=1S/C18H19BrN6O.CH4O/c19-15-16(20)25-17(14(11-22-25)13-2-1-6-21-10-13)23-18(15)24-7-3-12(4-8-24)5-9-26;1-2/h1-2,6,9-12H,3-5,7-8,20H2;2H,1H3. The van der Waals surface area contributed by atoms with Crippen LogP contribution in [0.15, 0.2) is 35.2 Å². The maximum Gasteiger partial charge on any atom is 0.167 e. The van der Waals surface area contributed by atoms with Crippen molar-refractivity contribution >= 4 is 39.5 Å². The molecule has 148 valence electrons. The third-order valence-electron chi connectivity index (χ3n) is 4.92. The maximum atomic E-state index is 10.7. The Morgan fingerprint density at radius 2 is 2.07 bits per heavy atom. The summed E-state index contributed by atoms with van der Waals surface area (Å²) in [5.41, 5.74) is 8.88. The highest BCUT2D eigenvalue weighted by Gasteiger charge is 2.24. The van der Waals surface area contributed by atoms with Gasteiger partial charge in [-0.2, -0.15) is 9.61 Å². The average molecular weight is 447 g/mol. The number of carbonyl (C=O) groups is 1. The van der Waals surface area contributed by atoms with Crippen LogP contribution in [-0.4, -0.2) is 51.2 Å². The summed E-state index contributed by atoms with van der Waals surface area (Å²) in [6, 6.07) is 3.87. The Morgan fingerprint density at radius 1 is 1.32 bits per heavy atom. The largest absolute Gasteiger partial charge is 0.400 e. The monoisotopic (exact) mass is 446 g/mol. The number of nitrogens with two attached hydrogens (primary N) is 1. The average Bonchev–Trinajstić information content (AvgIpc) is 3.18. The van der Waals surface area contributed by atoms with Gasteiger partial charge in [0.05, 0.1) is 6.20 Å². The lowest BCUT2D eigenvalue weighted by molar-refractivity contribution is -0.108. The first-order valence-electron chi connectivity index (χ1n) is 9.05. The van der Waals surface area contributed by atoms with Crippen LogP contribution < -0.4 is 10.6 Å². The second-order valence-electron chi connectivity index (χ2n) is 6.50. The van der Waals surface area contributed by atoms with E-state index >= 15 is 0 Å². The number of carbonyl (C=O) groups excluding carboxylic acids is 1. The number of anilines is 2. The van der Waals surface area contributed by atoms with Crippen LogP contribution in [0.2, 0.25) is 0 Å². The van der Waals surface area contributed by atoms with Gasteiger partial charge in [0.25, 0.3) is 0 Å². The molecular weight excluding hydrogens is 424 g/mol. The number of hydrogen-bond acceptors (Lipinski definition) is 7. The van der Waals surface area contributed by atoms with E-state index in [1.807, 2.05) is 12.1 Å². The number of halogens is 1. The zero-order valence-electron chi connectivity index (χ0n) is 15.6. The topological polar surface area (TPSA) is 110 Å². The van der Waals surface area contributed by atoms with Crippen molar-refractivity contribution in [3.8, 4) is 11.1 Å². The van der Waals surface area contributed by atoms with Gasteiger partial charge < -0.3 is 20.5 Å². The molecule has 0 spiro atoms. The summed E-state index contributed by atoms with van der Waals surface area (Å²) in [7, 11) is 1.00. The predicted molar refractivity (Wildman–Crippen MR) is 112 cm³/mol. The summed E-state index contributed by atoms with van der Waals surface area (Å²) in [5.74, 6) is 1.81. The third-order valence-corrected chi connectivity index (χ3v) is 5.68. The molecule has 1 saturated heterocycles. The van der Waals surface area contributed by atoms with E-state index in [4.69, 9.17) is 15.8 Å². The van der Waals surface area contributed by atoms with Crippen LogP contribution in [0.1, 0.15) is 19.3 Å². The van der Waals surface area contributed by atoms with Crippen molar-refractivity contribution < 1.29 is 9.90 Å². The van der Waals surface area contributed by atoms with Crippen LogP contribution in [0, 0.1) is 5.92 Å². The van der Waals surface area contributed by atoms with E-state index in [0.29, 0.717) is 23.8 Å². The van der Waals surface area contributed by atoms with Gasteiger partial charge in [-0.05, 0) is 40.8 Å². The van der Waals surface area contributed by atoms with E-state index < -0.39 is 0 Å². The second-order valence-corrected chi connectivity index (χ2v) is 7.30. The molecule has 0 atom stereocenters. The van der Waals surface area contributed by atoms with Crippen molar-refractivity contribution in [1.82, 2.24) is 19.6 Å². The first-order chi connectivity index (χ1) is 13.7. The van der Waals surface area contributed by atoms with Crippen LogP contribution in [-0.2, 0) is 4.79 Å². The summed E-state index contributed by atoms with van der Waals surface area (Å²) >= 11 is 3.59. The van der Waals surface area contributed by atoms with Gasteiger partial charge in [-0.15, -0.1) is 0 Å². The normalized spacial score (nSPS) is 14.6. The summed E-state index contributed by atoms with van der Waals surface area (Å²) < 4.78 is 2.40. The minimum atomic E-state index is 0.463. The molecule has 4 heterocycles. The molecule has 0 bridgehead atoms. The number of fused-ring (bicyclic) bond motifs is 1. The molecule has 1 aliphatic heterocycles. The maximum absolute atomic E-state index is 10.7. The Hall–Kier alpha value is -2.52. The number of hydrogen-bond donors (Lipinski definition) is 2. The van der Waals surface area contributed by atoms with Gasteiger partial charge in [-0.25, -0.2) is 4.98 Å². The highest BCUT2D eigenvalue weighted by molar-refractivity contribution is 9.10. The zero-order chi connectivity index (χ0) is 20.1. The van der Waals surface area contributed by atoms with Crippen LogP contribution in [0.4, 0.5) is 11.6 Å². The third kappa shape index (κ3) is 3.85. The van der Waals surface area contributed by atoms with Crippen LogP contribution >= 0.6 is 15.9 Å². The molecule has 0 aromatic carbocycles. The van der Waals surface area contributed by atoms with Gasteiger partial charge in [0.1, 0.15) is 22.4 Å². The lowest BCUT2D eigenvalue weighted by Crippen LogP contribution is -2.35. The van der Waals surface area contributed by atoms with E-state index in [1.54, 1.807) is 23.1 Å². The number of aliphatic hydroxyl groups excluding tert-OH is 1. The lowest BCUT2D eigenvalue weighted by atomic mass is 9.94. The first-order valence-corrected chi connectivity index (χ1v) is 9.84. The second kappa shape index (κ2) is 9.11. The SMILES string of the molecule is CO.Nc1c(Br)c(N2CCC(CC=O)CC2)nc2c(-c3cccnc3)cnn12. The van der Waals surface area contributed by atoms with Gasteiger partial charge in [0.15, 0.2) is 5.65 Å². The molecule has 3 aromatic heterocycles. The molecule has 1 aliphatic rings. The van der Waals surface area contributed by atoms with E-state index in [9.17, 15) is 4.79 Å². The van der Waals surface area contributed by atoms with Gasteiger partial charge in [-0.3, -0.25) is 4.98 Å². The summed E-state index contributed by atoms with van der Waals surface area (Å²) in [4.78, 5) is 22.0. The number of aliphatic hydroxyl groups is 1. The van der Waals surface area contributed by atoms with E-state index in [2.05, 4.69) is 30.9 Å². The number of aldehydes is 1. The molecule has 28 heavy (non-hydrogen) atoms. The summed E-state index contributed by atoms with van der Waals surface area (Å²) in [5, 5.41) is 11.4. The summed E-state index contributed by atoms with van der Waals surface area (Å²) in [6.07, 6.45) is 8.91. The predicted octanol–water partition coefficient (Wildman–Crippen LogP) is 2.55. The Bertz CT molecular complexity index is 938. The van der Waals surface area contributed by atoms with Crippen LogP contribution in [0.5, 0.6) is 0 Å². The van der Waals surface area contributed by atoms with E-state index in [1.165, 1.54) is 0 Å². The number of nitrogen functional groups attached to an aromatic ring is 1. The smallest absolute Gasteiger partial charge is 0.167 e. The molecule has 0 amide bonds. The minimum Gasteiger partial charge on any atom is -0.400 e. The van der Waals surface area contributed by atoms with Gasteiger partial charge in [0, 0.05) is 50.1 Å². The quantitative estimate of drug-likeness (QED) is 0.592. The summed E-state index contributed by atoms with van der Waals surface area (Å²) in [6.45, 7) is 1.71. The molecular formula is C19H23BrN6O2. The van der Waals surface area contributed by atoms with Crippen molar-refractivity contribution in [2.45, 2.75) is 19.3 Å². The van der Waals surface area contributed by atoms with Gasteiger partial charge in [0.2, 0.25) is 0 Å². The Labute approximate surface area is 171 Å². The number of piperidine rings is 1. The molecule has 0 saturated carbocycles. The zero-order valence-corrected chi connectivity index (χ0v) is 17.2. The van der Waals surface area contributed by atoms with Gasteiger partial charge in [-0.1, -0.05) is 6.07 Å². The first kappa shape index (κ1) is 20.2. The fourth-order valence-corrected chi connectivity index (χ4v) is 3.94. The van der Waals surface area contributed by atoms with E-state index in [0.717, 1.165) is 60.7 Å². The molecule has 9 heteroatoms. The van der Waals surface area contributed by atoms with E-state index in [-0.39, 0.29) is 0 Å². The van der Waals surface area contributed by atoms with Crippen molar-refractivity contribution in [2.24, 2.45) is 5.92 Å². The lowest BCUT2D eigenvalue weighted by Gasteiger charge is -2.32. The van der Waals surface area contributed by atoms with Crippen molar-refractivity contribution in [3.05, 3.63) is 35.2 Å². The highest BCUT2D eigenvalue weighted by Crippen LogP contribution is 2.35. The highest BCUT2D eigenvalue weighted by atomic mass is 79.9. The van der Waals surface area contributed by atoms with Crippen LogP contribution in [0.3, 0.4) is 0 Å². The molecule has 4 rings (SSSR count). The number of nitrogens with zero attached hydrogens (tertiary/aromatic N) is 5. The minimum absolute atomic E-state index is 0.463.